The minimum atomic E-state index is -0.227. The van der Waals surface area contributed by atoms with E-state index in [1.165, 1.54) is 0 Å². The third-order valence-corrected chi connectivity index (χ3v) is 1.90. The molecule has 0 saturated carbocycles. The molecule has 0 radical (unpaired) electrons. The topological polar surface area (TPSA) is 21.6 Å². The molecule has 2 nitrogen and oxygen atoms in total. The van der Waals surface area contributed by atoms with Crippen molar-refractivity contribution in [3.05, 3.63) is 11.6 Å². The van der Waals surface area contributed by atoms with Gasteiger partial charge in [0.05, 0.1) is 5.60 Å². The molecule has 0 rings (SSSR count). The molecule has 0 aromatic carbocycles. The Hall–Kier alpha value is -0.630. The number of hydrogen-bond donors (Lipinski definition) is 0. The van der Waals surface area contributed by atoms with Gasteiger partial charge in [-0.05, 0) is 25.8 Å². The molecule has 0 atom stereocenters. The summed E-state index contributed by atoms with van der Waals surface area (Å²) in [6.07, 6.45) is 5.00. The fourth-order valence-corrected chi connectivity index (χ4v) is 0.931. The van der Waals surface area contributed by atoms with Crippen molar-refractivity contribution in [2.45, 2.75) is 32.8 Å². The summed E-state index contributed by atoms with van der Waals surface area (Å²) in [5.41, 5.74) is 0.908. The summed E-state index contributed by atoms with van der Waals surface area (Å²) >= 11 is 0. The quantitative estimate of drug-likeness (QED) is 0.592. The Morgan fingerprint density at radius 1 is 1.50 bits per heavy atom. The van der Waals surface area contributed by atoms with Crippen molar-refractivity contribution < 1.29 is 4.74 Å². The molecular formula is C10H19NO. The van der Waals surface area contributed by atoms with Crippen LogP contribution in [-0.4, -0.2) is 26.0 Å². The molecule has 0 unspecified atom stereocenters. The van der Waals surface area contributed by atoms with Crippen LogP contribution in [0.5, 0.6) is 0 Å². The first kappa shape index (κ1) is 11.4. The molecule has 0 amide bonds. The molecule has 0 aromatic heterocycles. The van der Waals surface area contributed by atoms with E-state index >= 15 is 0 Å². The number of hydrogen-bond acceptors (Lipinski definition) is 2. The number of methoxy groups -OCH3 is 1. The molecule has 0 aliphatic rings. The average molecular weight is 169 g/mol. The number of nitrogens with zero attached hydrogens (tertiary/aromatic N) is 1. The minimum Gasteiger partial charge on any atom is -0.374 e. The molecule has 70 valence electrons. The number of rotatable bonds is 4. The zero-order chi connectivity index (χ0) is 9.61. The molecule has 0 aliphatic heterocycles. The maximum absolute atomic E-state index is 5.35. The van der Waals surface area contributed by atoms with Crippen LogP contribution in [0.1, 0.15) is 27.2 Å². The van der Waals surface area contributed by atoms with E-state index in [2.05, 4.69) is 18.0 Å². The summed E-state index contributed by atoms with van der Waals surface area (Å²) in [6.45, 7) is 6.18. The molecule has 0 N–H and O–H groups in total. The van der Waals surface area contributed by atoms with Gasteiger partial charge in [-0.25, -0.2) is 0 Å². The van der Waals surface area contributed by atoms with Gasteiger partial charge in [-0.1, -0.05) is 13.0 Å². The Balaban J connectivity index is 4.62. The highest BCUT2D eigenvalue weighted by atomic mass is 16.5. The van der Waals surface area contributed by atoms with Gasteiger partial charge in [0, 0.05) is 20.4 Å². The third kappa shape index (κ3) is 3.18. The molecule has 12 heavy (non-hydrogen) atoms. The van der Waals surface area contributed by atoms with Gasteiger partial charge in [-0.15, -0.1) is 0 Å². The zero-order valence-electron chi connectivity index (χ0n) is 8.72. The summed E-state index contributed by atoms with van der Waals surface area (Å²) in [6, 6.07) is 0. The van der Waals surface area contributed by atoms with Crippen LogP contribution in [-0.2, 0) is 4.74 Å². The lowest BCUT2D eigenvalue weighted by molar-refractivity contribution is 0.0602. The van der Waals surface area contributed by atoms with Crippen molar-refractivity contribution in [2.75, 3.05) is 14.2 Å². The lowest BCUT2D eigenvalue weighted by atomic mass is 9.98. The summed E-state index contributed by atoms with van der Waals surface area (Å²) in [7, 11) is 3.49. The first-order valence-corrected chi connectivity index (χ1v) is 4.26. The van der Waals surface area contributed by atoms with Crippen LogP contribution in [0.2, 0.25) is 0 Å². The van der Waals surface area contributed by atoms with Crippen molar-refractivity contribution in [2.24, 2.45) is 4.99 Å². The molecule has 2 heteroatoms. The Kier molecular flexibility index (Phi) is 4.83. The van der Waals surface area contributed by atoms with Crippen molar-refractivity contribution in [3.63, 3.8) is 0 Å². The molecule has 0 aliphatic carbocycles. The lowest BCUT2D eigenvalue weighted by Crippen LogP contribution is -2.26. The Bertz CT molecular complexity index is 180. The number of aliphatic imine (C=N–C) groups is 1. The average Bonchev–Trinajstić information content (AvgIpc) is 2.04. The maximum atomic E-state index is 5.35. The fourth-order valence-electron chi connectivity index (χ4n) is 0.931. The highest BCUT2D eigenvalue weighted by Crippen LogP contribution is 2.18. The van der Waals surface area contributed by atoms with E-state index in [0.717, 1.165) is 12.0 Å². The van der Waals surface area contributed by atoms with Crippen molar-refractivity contribution in [1.29, 1.82) is 0 Å². The first-order valence-electron chi connectivity index (χ1n) is 4.26. The van der Waals surface area contributed by atoms with E-state index in [-0.39, 0.29) is 5.60 Å². The van der Waals surface area contributed by atoms with Crippen LogP contribution in [0.3, 0.4) is 0 Å². The predicted octanol–water partition coefficient (Wildman–Crippen LogP) is 2.45. The standard InChI is InChI=1S/C10H19NO/c1-6-7-9(8-11-4)10(2,3)12-5/h7-8H,6H2,1-5H3/b9-7+,11-8?. The van der Waals surface area contributed by atoms with Gasteiger partial charge in [-0.2, -0.15) is 0 Å². The number of allylic oxidation sites excluding steroid dienone is 1. The molecule has 0 spiro atoms. The SMILES string of the molecule is CC/C=C(\C=NC)C(C)(C)OC. The predicted molar refractivity (Wildman–Crippen MR) is 53.9 cm³/mol. The van der Waals surface area contributed by atoms with Gasteiger partial charge in [0.2, 0.25) is 0 Å². The first-order chi connectivity index (χ1) is 5.58. The van der Waals surface area contributed by atoms with Crippen LogP contribution in [0.4, 0.5) is 0 Å². The van der Waals surface area contributed by atoms with Gasteiger partial charge in [0.15, 0.2) is 0 Å². The van der Waals surface area contributed by atoms with Crippen LogP contribution < -0.4 is 0 Å². The van der Waals surface area contributed by atoms with Gasteiger partial charge in [0.1, 0.15) is 0 Å². The van der Waals surface area contributed by atoms with Gasteiger partial charge >= 0.3 is 0 Å². The number of ether oxygens (including phenoxy) is 1. The second-order valence-corrected chi connectivity index (χ2v) is 3.17. The Morgan fingerprint density at radius 2 is 2.08 bits per heavy atom. The molecule has 0 fully saturated rings. The van der Waals surface area contributed by atoms with Gasteiger partial charge in [-0.3, -0.25) is 4.99 Å². The van der Waals surface area contributed by atoms with E-state index in [9.17, 15) is 0 Å². The molecule has 0 heterocycles. The van der Waals surface area contributed by atoms with E-state index in [1.54, 1.807) is 14.2 Å². The zero-order valence-corrected chi connectivity index (χ0v) is 8.72. The van der Waals surface area contributed by atoms with E-state index in [1.807, 2.05) is 20.1 Å². The summed E-state index contributed by atoms with van der Waals surface area (Å²) < 4.78 is 5.35. The fraction of sp³-hybridized carbons (Fsp3) is 0.700. The van der Waals surface area contributed by atoms with Crippen LogP contribution in [0.25, 0.3) is 0 Å². The second kappa shape index (κ2) is 5.09. The van der Waals surface area contributed by atoms with Crippen molar-refractivity contribution in [1.82, 2.24) is 0 Å². The maximum Gasteiger partial charge on any atom is 0.0883 e. The molecule has 0 saturated heterocycles. The monoisotopic (exact) mass is 169 g/mol. The van der Waals surface area contributed by atoms with Crippen molar-refractivity contribution in [3.8, 4) is 0 Å². The minimum absolute atomic E-state index is 0.227. The second-order valence-electron chi connectivity index (χ2n) is 3.17. The van der Waals surface area contributed by atoms with Gasteiger partial charge < -0.3 is 4.74 Å². The Morgan fingerprint density at radius 3 is 2.42 bits per heavy atom. The van der Waals surface area contributed by atoms with Crippen LogP contribution in [0, 0.1) is 0 Å². The summed E-state index contributed by atoms with van der Waals surface area (Å²) in [5.74, 6) is 0. The summed E-state index contributed by atoms with van der Waals surface area (Å²) in [4.78, 5) is 4.00. The smallest absolute Gasteiger partial charge is 0.0883 e. The highest BCUT2D eigenvalue weighted by Gasteiger charge is 2.19. The normalized spacial score (nSPS) is 14.2. The van der Waals surface area contributed by atoms with E-state index in [4.69, 9.17) is 4.74 Å². The lowest BCUT2D eigenvalue weighted by Gasteiger charge is -2.24. The molecular weight excluding hydrogens is 150 g/mol. The molecule has 0 bridgehead atoms. The summed E-state index contributed by atoms with van der Waals surface area (Å²) in [5, 5.41) is 0. The molecule has 0 aromatic rings. The van der Waals surface area contributed by atoms with Crippen LogP contribution in [0.15, 0.2) is 16.6 Å². The van der Waals surface area contributed by atoms with Gasteiger partial charge in [0.25, 0.3) is 0 Å². The Labute approximate surface area is 75.3 Å². The largest absolute Gasteiger partial charge is 0.374 e. The van der Waals surface area contributed by atoms with Crippen LogP contribution >= 0.6 is 0 Å². The third-order valence-electron chi connectivity index (χ3n) is 1.90. The van der Waals surface area contributed by atoms with E-state index < -0.39 is 0 Å². The highest BCUT2D eigenvalue weighted by molar-refractivity contribution is 5.80. The van der Waals surface area contributed by atoms with Crippen molar-refractivity contribution >= 4 is 6.21 Å². The van der Waals surface area contributed by atoms with E-state index in [0.29, 0.717) is 0 Å².